The van der Waals surface area contributed by atoms with Crippen molar-refractivity contribution in [1.29, 1.82) is 0 Å². The summed E-state index contributed by atoms with van der Waals surface area (Å²) in [5, 5.41) is 2.22. The van der Waals surface area contributed by atoms with Crippen LogP contribution in [0.5, 0.6) is 0 Å². The number of hydrogen-bond acceptors (Lipinski definition) is 6. The summed E-state index contributed by atoms with van der Waals surface area (Å²) < 4.78 is 4.56. The summed E-state index contributed by atoms with van der Waals surface area (Å²) in [5.41, 5.74) is 0.261. The van der Waals surface area contributed by atoms with Crippen molar-refractivity contribution in [3.63, 3.8) is 0 Å². The van der Waals surface area contributed by atoms with Crippen molar-refractivity contribution >= 4 is 28.3 Å². The maximum Gasteiger partial charge on any atom is 0.357 e. The second-order valence-electron chi connectivity index (χ2n) is 3.65. The highest BCUT2D eigenvalue weighted by molar-refractivity contribution is 7.13. The zero-order valence-electron chi connectivity index (χ0n) is 10.3. The van der Waals surface area contributed by atoms with Gasteiger partial charge in [0.1, 0.15) is 0 Å². The molecule has 0 atom stereocenters. The highest BCUT2D eigenvalue weighted by Gasteiger charge is 2.15. The summed E-state index contributed by atoms with van der Waals surface area (Å²) in [6.45, 7) is 0.223. The molecular formula is C10H15N3O3S. The van der Waals surface area contributed by atoms with Gasteiger partial charge in [0, 0.05) is 26.5 Å². The van der Waals surface area contributed by atoms with E-state index >= 15 is 0 Å². The first-order valence-electron chi connectivity index (χ1n) is 4.90. The minimum Gasteiger partial charge on any atom is -0.464 e. The molecule has 0 aliphatic carbocycles. The number of anilines is 1. The summed E-state index contributed by atoms with van der Waals surface area (Å²) in [6.07, 6.45) is 0. The molecule has 0 spiro atoms. The number of ether oxygens (including phenoxy) is 1. The Morgan fingerprint density at radius 1 is 1.41 bits per heavy atom. The minimum atomic E-state index is -0.472. The van der Waals surface area contributed by atoms with Gasteiger partial charge >= 0.3 is 5.97 Å². The van der Waals surface area contributed by atoms with Crippen molar-refractivity contribution in [2.75, 3.05) is 39.7 Å². The zero-order valence-corrected chi connectivity index (χ0v) is 11.1. The molecule has 7 heteroatoms. The van der Waals surface area contributed by atoms with Crippen LogP contribution in [0.15, 0.2) is 5.38 Å². The van der Waals surface area contributed by atoms with E-state index in [1.54, 1.807) is 31.4 Å². The van der Waals surface area contributed by atoms with E-state index < -0.39 is 5.97 Å². The van der Waals surface area contributed by atoms with Gasteiger partial charge in [0.05, 0.1) is 13.7 Å². The van der Waals surface area contributed by atoms with E-state index in [1.165, 1.54) is 23.3 Å². The number of aromatic nitrogens is 1. The summed E-state index contributed by atoms with van der Waals surface area (Å²) >= 11 is 1.30. The second kappa shape index (κ2) is 5.62. The Hall–Kier alpha value is -1.63. The van der Waals surface area contributed by atoms with Gasteiger partial charge in [-0.2, -0.15) is 0 Å². The summed E-state index contributed by atoms with van der Waals surface area (Å²) in [4.78, 5) is 30.0. The predicted molar refractivity (Wildman–Crippen MR) is 65.4 cm³/mol. The van der Waals surface area contributed by atoms with Crippen LogP contribution in [0.4, 0.5) is 5.13 Å². The second-order valence-corrected chi connectivity index (χ2v) is 4.49. The average molecular weight is 257 g/mol. The normalized spacial score (nSPS) is 9.88. The van der Waals surface area contributed by atoms with E-state index in [9.17, 15) is 9.59 Å². The Bertz CT molecular complexity index is 417. The Kier molecular flexibility index (Phi) is 4.45. The van der Waals surface area contributed by atoms with Gasteiger partial charge in [-0.15, -0.1) is 11.3 Å². The molecular weight excluding hydrogens is 242 g/mol. The molecule has 1 amide bonds. The van der Waals surface area contributed by atoms with Crippen molar-refractivity contribution in [2.24, 2.45) is 0 Å². The molecule has 0 unspecified atom stereocenters. The van der Waals surface area contributed by atoms with Gasteiger partial charge in [-0.25, -0.2) is 9.78 Å². The van der Waals surface area contributed by atoms with Crippen LogP contribution in [0.2, 0.25) is 0 Å². The van der Waals surface area contributed by atoms with Crippen LogP contribution in [0, 0.1) is 0 Å². The van der Waals surface area contributed by atoms with Crippen LogP contribution >= 0.6 is 11.3 Å². The molecule has 1 aromatic heterocycles. The molecule has 0 saturated carbocycles. The number of carbonyl (C=O) groups excluding carboxylic acids is 2. The smallest absolute Gasteiger partial charge is 0.357 e. The number of rotatable bonds is 4. The van der Waals surface area contributed by atoms with Crippen molar-refractivity contribution in [2.45, 2.75) is 0 Å². The highest BCUT2D eigenvalue weighted by atomic mass is 32.1. The highest BCUT2D eigenvalue weighted by Crippen LogP contribution is 2.19. The SMILES string of the molecule is COC(=O)c1csc(N(C)CC(=O)N(C)C)n1. The lowest BCUT2D eigenvalue weighted by atomic mass is 10.5. The van der Waals surface area contributed by atoms with Crippen LogP contribution in [0.3, 0.4) is 0 Å². The molecule has 0 saturated heterocycles. The van der Waals surface area contributed by atoms with Crippen LogP contribution in [-0.2, 0) is 9.53 Å². The van der Waals surface area contributed by atoms with Gasteiger partial charge < -0.3 is 14.5 Å². The molecule has 17 heavy (non-hydrogen) atoms. The third-order valence-corrected chi connectivity index (χ3v) is 3.04. The maximum absolute atomic E-state index is 11.5. The van der Waals surface area contributed by atoms with Crippen molar-refractivity contribution in [3.05, 3.63) is 11.1 Å². The Labute approximate surface area is 104 Å². The number of esters is 1. The molecule has 1 rings (SSSR count). The lowest BCUT2D eigenvalue weighted by Gasteiger charge is -2.17. The molecule has 0 fully saturated rings. The Morgan fingerprint density at radius 3 is 2.59 bits per heavy atom. The van der Waals surface area contributed by atoms with E-state index in [2.05, 4.69) is 9.72 Å². The fourth-order valence-corrected chi connectivity index (χ4v) is 1.81. The number of methoxy groups -OCH3 is 1. The number of carbonyl (C=O) groups is 2. The van der Waals surface area contributed by atoms with Gasteiger partial charge in [0.15, 0.2) is 10.8 Å². The molecule has 0 aliphatic heterocycles. The van der Waals surface area contributed by atoms with Gasteiger partial charge in [0.25, 0.3) is 0 Å². The maximum atomic E-state index is 11.5. The molecule has 94 valence electrons. The summed E-state index contributed by atoms with van der Waals surface area (Å²) in [5.74, 6) is -0.498. The van der Waals surface area contributed by atoms with Gasteiger partial charge in [-0.1, -0.05) is 0 Å². The number of hydrogen-bond donors (Lipinski definition) is 0. The monoisotopic (exact) mass is 257 g/mol. The number of thiazole rings is 1. The predicted octanol–water partition coefficient (Wildman–Crippen LogP) is 0.454. The number of nitrogens with zero attached hydrogens (tertiary/aromatic N) is 3. The zero-order chi connectivity index (χ0) is 13.0. The number of amides is 1. The summed E-state index contributed by atoms with van der Waals surface area (Å²) in [6, 6.07) is 0. The van der Waals surface area contributed by atoms with Crippen LogP contribution < -0.4 is 4.90 Å². The van der Waals surface area contributed by atoms with Crippen LogP contribution in [0.25, 0.3) is 0 Å². The van der Waals surface area contributed by atoms with Gasteiger partial charge in [-0.05, 0) is 0 Å². The minimum absolute atomic E-state index is 0.0256. The molecule has 0 aromatic carbocycles. The van der Waals surface area contributed by atoms with Crippen molar-refractivity contribution in [3.8, 4) is 0 Å². The lowest BCUT2D eigenvalue weighted by molar-refractivity contribution is -0.127. The first kappa shape index (κ1) is 13.4. The fourth-order valence-electron chi connectivity index (χ4n) is 1.05. The largest absolute Gasteiger partial charge is 0.464 e. The standard InChI is InChI=1S/C10H15N3O3S/c1-12(2)8(14)5-13(3)10-11-7(6-17-10)9(15)16-4/h6H,5H2,1-4H3. The van der Waals surface area contributed by atoms with Crippen LogP contribution in [-0.4, -0.2) is 56.6 Å². The average Bonchev–Trinajstić information content (AvgIpc) is 2.77. The van der Waals surface area contributed by atoms with E-state index in [4.69, 9.17) is 0 Å². The van der Waals surface area contributed by atoms with E-state index in [0.717, 1.165) is 0 Å². The van der Waals surface area contributed by atoms with Crippen LogP contribution in [0.1, 0.15) is 10.5 Å². The van der Waals surface area contributed by atoms with E-state index in [0.29, 0.717) is 5.13 Å². The molecule has 0 bridgehead atoms. The molecule has 0 aliphatic rings. The Morgan fingerprint density at radius 2 is 2.06 bits per heavy atom. The van der Waals surface area contributed by atoms with E-state index in [-0.39, 0.29) is 18.1 Å². The summed E-state index contributed by atoms with van der Waals surface area (Å²) in [7, 11) is 6.44. The molecule has 0 N–H and O–H groups in total. The third kappa shape index (κ3) is 3.42. The first-order valence-corrected chi connectivity index (χ1v) is 5.78. The van der Waals surface area contributed by atoms with Crippen molar-refractivity contribution in [1.82, 2.24) is 9.88 Å². The van der Waals surface area contributed by atoms with E-state index in [1.807, 2.05) is 0 Å². The quantitative estimate of drug-likeness (QED) is 0.733. The topological polar surface area (TPSA) is 62.7 Å². The van der Waals surface area contributed by atoms with Gasteiger partial charge in [-0.3, -0.25) is 4.79 Å². The first-order chi connectivity index (χ1) is 7.95. The Balaban J connectivity index is 2.70. The molecule has 1 heterocycles. The lowest BCUT2D eigenvalue weighted by Crippen LogP contribution is -2.34. The fraction of sp³-hybridized carbons (Fsp3) is 0.500. The van der Waals surface area contributed by atoms with Crippen molar-refractivity contribution < 1.29 is 14.3 Å². The molecule has 0 radical (unpaired) electrons. The third-order valence-electron chi connectivity index (χ3n) is 2.08. The molecule has 6 nitrogen and oxygen atoms in total. The molecule has 1 aromatic rings. The number of likely N-dealkylation sites (N-methyl/N-ethyl adjacent to an activating group) is 2. The van der Waals surface area contributed by atoms with Gasteiger partial charge in [0.2, 0.25) is 5.91 Å².